The lowest BCUT2D eigenvalue weighted by atomic mass is 9.85. The Hall–Kier alpha value is -2.13. The zero-order chi connectivity index (χ0) is 21.1. The fourth-order valence-electron chi connectivity index (χ4n) is 4.35. The summed E-state index contributed by atoms with van der Waals surface area (Å²) in [5.41, 5.74) is 0.471. The number of carbonyl (C=O) groups excluding carboxylic acids is 1. The van der Waals surface area contributed by atoms with Crippen LogP contribution in [0, 0.1) is 5.82 Å². The monoisotopic (exact) mass is 431 g/mol. The van der Waals surface area contributed by atoms with Crippen LogP contribution in [-0.2, 0) is 16.0 Å². The highest BCUT2D eigenvalue weighted by molar-refractivity contribution is 7.91. The van der Waals surface area contributed by atoms with E-state index in [9.17, 15) is 18.8 Å². The van der Waals surface area contributed by atoms with Gasteiger partial charge in [-0.2, -0.15) is 0 Å². The average molecular weight is 432 g/mol. The quantitative estimate of drug-likeness (QED) is 0.681. The molecule has 2 unspecified atom stereocenters. The van der Waals surface area contributed by atoms with Gasteiger partial charge in [0.1, 0.15) is 23.2 Å². The zero-order valence-corrected chi connectivity index (χ0v) is 17.5. The predicted octanol–water partition coefficient (Wildman–Crippen LogP) is 1.72. The number of likely N-dealkylation sites (tertiary alicyclic amines) is 1. The van der Waals surface area contributed by atoms with E-state index < -0.39 is 22.8 Å². The van der Waals surface area contributed by atoms with E-state index in [1.54, 1.807) is 0 Å². The van der Waals surface area contributed by atoms with Crippen LogP contribution in [0.25, 0.3) is 0 Å². The fourth-order valence-corrected chi connectivity index (χ4v) is 5.43. The number of para-hydroxylation sites is 1. The molecule has 160 valence electrons. The van der Waals surface area contributed by atoms with Crippen molar-refractivity contribution in [2.45, 2.75) is 29.4 Å². The van der Waals surface area contributed by atoms with Gasteiger partial charge in [-0.3, -0.25) is 4.79 Å². The van der Waals surface area contributed by atoms with Gasteiger partial charge >= 0.3 is 0 Å². The molecule has 0 aromatic heterocycles. The molecular formula is C22H26FN3O3S. The van der Waals surface area contributed by atoms with Crippen molar-refractivity contribution in [3.63, 3.8) is 0 Å². The first-order valence-electron chi connectivity index (χ1n) is 10.1. The molecule has 2 aliphatic heterocycles. The molecule has 4 rings (SSSR count). The second-order valence-corrected chi connectivity index (χ2v) is 9.38. The maximum atomic E-state index is 13.0. The number of hydrogen-bond acceptors (Lipinski definition) is 5. The minimum Gasteiger partial charge on any atom is -0.611 e. The number of piperidine rings is 1. The van der Waals surface area contributed by atoms with Crippen molar-refractivity contribution in [3.05, 3.63) is 60.4 Å². The standard InChI is InChI=1S/C22H26FN3O3S/c23-17-6-8-20(9-7-17)30(29)15-19(27)14-25-12-10-22(11-13-25)21(28)24-16-26(22)18-4-2-1-3-5-18/h1-9,19,27H,10-16H2,(H,24,28). The molecule has 0 aliphatic carbocycles. The first kappa shape index (κ1) is 21.1. The van der Waals surface area contributed by atoms with Gasteiger partial charge in [0.25, 0.3) is 0 Å². The molecular weight excluding hydrogens is 405 g/mol. The third kappa shape index (κ3) is 4.32. The number of aliphatic hydroxyl groups is 1. The van der Waals surface area contributed by atoms with Gasteiger partial charge in [0.05, 0.1) is 6.67 Å². The van der Waals surface area contributed by atoms with E-state index in [2.05, 4.69) is 15.1 Å². The van der Waals surface area contributed by atoms with Gasteiger partial charge in [-0.25, -0.2) is 4.39 Å². The van der Waals surface area contributed by atoms with Gasteiger partial charge in [0, 0.05) is 25.3 Å². The summed E-state index contributed by atoms with van der Waals surface area (Å²) in [7, 11) is 0. The Balaban J connectivity index is 1.33. The Labute approximate surface area is 178 Å². The Morgan fingerprint density at radius 1 is 1.13 bits per heavy atom. The maximum Gasteiger partial charge on any atom is 0.247 e. The maximum absolute atomic E-state index is 13.0. The summed E-state index contributed by atoms with van der Waals surface area (Å²) in [6.07, 6.45) is 0.579. The number of halogens is 1. The molecule has 0 saturated carbocycles. The number of anilines is 1. The van der Waals surface area contributed by atoms with Crippen molar-refractivity contribution in [1.82, 2.24) is 10.2 Å². The van der Waals surface area contributed by atoms with E-state index in [1.165, 1.54) is 24.3 Å². The van der Waals surface area contributed by atoms with Crippen LogP contribution in [0.15, 0.2) is 59.5 Å². The molecule has 2 saturated heterocycles. The van der Waals surface area contributed by atoms with E-state index in [1.807, 2.05) is 30.3 Å². The smallest absolute Gasteiger partial charge is 0.247 e. The predicted molar refractivity (Wildman–Crippen MR) is 114 cm³/mol. The summed E-state index contributed by atoms with van der Waals surface area (Å²) < 4.78 is 25.4. The first-order valence-corrected chi connectivity index (χ1v) is 11.5. The third-order valence-corrected chi connectivity index (χ3v) is 7.46. The molecule has 0 bridgehead atoms. The number of amides is 1. The fraction of sp³-hybridized carbons (Fsp3) is 0.409. The van der Waals surface area contributed by atoms with Crippen molar-refractivity contribution in [1.29, 1.82) is 0 Å². The summed E-state index contributed by atoms with van der Waals surface area (Å²) in [6.45, 7) is 2.26. The van der Waals surface area contributed by atoms with Crippen molar-refractivity contribution < 1.29 is 18.8 Å². The molecule has 1 amide bonds. The molecule has 2 fully saturated rings. The second-order valence-electron chi connectivity index (χ2n) is 7.88. The third-order valence-electron chi connectivity index (χ3n) is 5.98. The van der Waals surface area contributed by atoms with Crippen LogP contribution in [0.1, 0.15) is 12.8 Å². The van der Waals surface area contributed by atoms with Gasteiger partial charge in [0.2, 0.25) is 5.91 Å². The molecule has 1 spiro atoms. The number of rotatable bonds is 6. The first-order chi connectivity index (χ1) is 14.5. The van der Waals surface area contributed by atoms with Crippen LogP contribution >= 0.6 is 0 Å². The molecule has 0 radical (unpaired) electrons. The highest BCUT2D eigenvalue weighted by Crippen LogP contribution is 2.36. The summed E-state index contributed by atoms with van der Waals surface area (Å²) in [5, 5.41) is 13.4. The normalized spacial score (nSPS) is 20.9. The van der Waals surface area contributed by atoms with Crippen LogP contribution < -0.4 is 10.2 Å². The molecule has 8 heteroatoms. The Kier molecular flexibility index (Phi) is 6.29. The number of nitrogens with zero attached hydrogens (tertiary/aromatic N) is 2. The van der Waals surface area contributed by atoms with Gasteiger partial charge in [-0.15, -0.1) is 0 Å². The highest BCUT2D eigenvalue weighted by atomic mass is 32.2. The van der Waals surface area contributed by atoms with E-state index in [0.29, 0.717) is 44.0 Å². The highest BCUT2D eigenvalue weighted by Gasteiger charge is 2.50. The van der Waals surface area contributed by atoms with Gasteiger partial charge < -0.3 is 24.8 Å². The molecule has 2 atom stereocenters. The number of benzene rings is 2. The van der Waals surface area contributed by atoms with Gasteiger partial charge in [-0.05, 0) is 60.4 Å². The minimum atomic E-state index is -1.39. The van der Waals surface area contributed by atoms with Crippen molar-refractivity contribution >= 4 is 22.8 Å². The van der Waals surface area contributed by atoms with Crippen LogP contribution in [0.5, 0.6) is 0 Å². The van der Waals surface area contributed by atoms with Crippen molar-refractivity contribution in [3.8, 4) is 0 Å². The number of aliphatic hydroxyl groups excluding tert-OH is 1. The summed E-state index contributed by atoms with van der Waals surface area (Å²) in [5.74, 6) is -0.216. The molecule has 2 aromatic rings. The Morgan fingerprint density at radius 3 is 2.47 bits per heavy atom. The number of nitrogens with one attached hydrogen (secondary N) is 1. The van der Waals surface area contributed by atoms with Gasteiger partial charge in [0.15, 0.2) is 4.90 Å². The topological polar surface area (TPSA) is 78.9 Å². The van der Waals surface area contributed by atoms with Crippen LogP contribution in [0.2, 0.25) is 0 Å². The molecule has 2 aliphatic rings. The Morgan fingerprint density at radius 2 is 1.80 bits per heavy atom. The van der Waals surface area contributed by atoms with Gasteiger partial charge in [-0.1, -0.05) is 18.2 Å². The minimum absolute atomic E-state index is 0.0592. The summed E-state index contributed by atoms with van der Waals surface area (Å²) >= 11 is -1.39. The van der Waals surface area contributed by atoms with Crippen LogP contribution in [0.3, 0.4) is 0 Å². The van der Waals surface area contributed by atoms with Crippen molar-refractivity contribution in [2.75, 3.05) is 37.0 Å². The number of β-amino-alcohol motifs (C(OH)–C–C–N with tert-alkyl or cyclic N) is 1. The van der Waals surface area contributed by atoms with E-state index in [4.69, 9.17) is 0 Å². The molecule has 6 nitrogen and oxygen atoms in total. The lowest BCUT2D eigenvalue weighted by Crippen LogP contribution is -2.57. The average Bonchev–Trinajstić information content (AvgIpc) is 3.06. The lowest BCUT2D eigenvalue weighted by Gasteiger charge is -2.43. The molecule has 2 N–H and O–H groups in total. The lowest BCUT2D eigenvalue weighted by molar-refractivity contribution is -0.125. The number of carbonyl (C=O) groups is 1. The Bertz CT molecular complexity index is 860. The molecule has 2 aromatic carbocycles. The van der Waals surface area contributed by atoms with E-state index in [-0.39, 0.29) is 17.5 Å². The second kappa shape index (κ2) is 8.93. The van der Waals surface area contributed by atoms with Crippen LogP contribution in [0.4, 0.5) is 10.1 Å². The van der Waals surface area contributed by atoms with Crippen molar-refractivity contribution in [2.24, 2.45) is 0 Å². The van der Waals surface area contributed by atoms with E-state index >= 15 is 0 Å². The van der Waals surface area contributed by atoms with E-state index in [0.717, 1.165) is 5.69 Å². The largest absolute Gasteiger partial charge is 0.611 e. The zero-order valence-electron chi connectivity index (χ0n) is 16.7. The SMILES string of the molecule is O=C1NCN(c2ccccc2)C12CCN(CC(O)C[S+]([O-])c1ccc(F)cc1)CC2. The summed E-state index contributed by atoms with van der Waals surface area (Å²) in [4.78, 5) is 17.5. The van der Waals surface area contributed by atoms with Crippen LogP contribution in [-0.4, -0.2) is 64.2 Å². The summed E-state index contributed by atoms with van der Waals surface area (Å²) in [6, 6.07) is 15.5. The number of hydrogen-bond donors (Lipinski definition) is 2. The molecule has 2 heterocycles. The molecule has 30 heavy (non-hydrogen) atoms.